The summed E-state index contributed by atoms with van der Waals surface area (Å²) in [6.07, 6.45) is 26.2. The van der Waals surface area contributed by atoms with E-state index in [4.69, 9.17) is 0 Å². The Labute approximate surface area is 300 Å². The van der Waals surface area contributed by atoms with Gasteiger partial charge in [0.25, 0.3) is 0 Å². The average molecular weight is 653 g/mol. The SMILES string of the molecule is CCCCCCc1ccc(C=Cc2ccc3cc(C=Cc4ccc5cc(C=Cc6ccc(CCCCCC)cc6)ccc5c4)ccc3c2)cc1. The van der Waals surface area contributed by atoms with Crippen LogP contribution in [0.25, 0.3) is 58.0 Å². The number of hydrogen-bond acceptors (Lipinski definition) is 0. The van der Waals surface area contributed by atoms with Crippen molar-refractivity contribution in [3.8, 4) is 0 Å². The maximum atomic E-state index is 2.28. The molecule has 0 spiro atoms. The van der Waals surface area contributed by atoms with E-state index in [1.165, 1.54) is 130 Å². The molecule has 0 amide bonds. The molecule has 6 aromatic rings. The Bertz CT molecular complexity index is 1900. The van der Waals surface area contributed by atoms with Crippen LogP contribution in [0.2, 0.25) is 0 Å². The topological polar surface area (TPSA) is 0 Å². The van der Waals surface area contributed by atoms with Crippen LogP contribution in [0.15, 0.2) is 121 Å². The van der Waals surface area contributed by atoms with Crippen LogP contribution in [-0.2, 0) is 12.8 Å². The molecule has 0 heterocycles. The first-order chi connectivity index (χ1) is 24.6. The fourth-order valence-corrected chi connectivity index (χ4v) is 6.66. The number of fused-ring (bicyclic) bond motifs is 2. The molecule has 0 nitrogen and oxygen atoms in total. The second kappa shape index (κ2) is 18.2. The summed E-state index contributed by atoms with van der Waals surface area (Å²) in [4.78, 5) is 0. The highest BCUT2D eigenvalue weighted by atomic mass is 14.1. The van der Waals surface area contributed by atoms with Crippen molar-refractivity contribution in [1.29, 1.82) is 0 Å². The zero-order valence-corrected chi connectivity index (χ0v) is 30.1. The van der Waals surface area contributed by atoms with Crippen molar-refractivity contribution in [2.45, 2.75) is 78.1 Å². The Balaban J connectivity index is 1.04. The van der Waals surface area contributed by atoms with Gasteiger partial charge in [0.2, 0.25) is 0 Å². The lowest BCUT2D eigenvalue weighted by Crippen LogP contribution is -1.86. The Hall–Kier alpha value is -4.94. The summed E-state index contributed by atoms with van der Waals surface area (Å²) >= 11 is 0. The summed E-state index contributed by atoms with van der Waals surface area (Å²) in [5.74, 6) is 0. The fraction of sp³-hybridized carbons (Fsp3) is 0.240. The second-order valence-electron chi connectivity index (χ2n) is 13.8. The third-order valence-corrected chi connectivity index (χ3v) is 9.78. The van der Waals surface area contributed by atoms with Gasteiger partial charge in [0, 0.05) is 0 Å². The van der Waals surface area contributed by atoms with Gasteiger partial charge in [-0.25, -0.2) is 0 Å². The third-order valence-electron chi connectivity index (χ3n) is 9.78. The number of hydrogen-bond donors (Lipinski definition) is 0. The van der Waals surface area contributed by atoms with Gasteiger partial charge in [-0.3, -0.25) is 0 Å². The van der Waals surface area contributed by atoms with Crippen LogP contribution in [0.4, 0.5) is 0 Å². The first-order valence-corrected chi connectivity index (χ1v) is 18.9. The van der Waals surface area contributed by atoms with Gasteiger partial charge in [-0.05, 0) is 116 Å². The van der Waals surface area contributed by atoms with Crippen LogP contribution in [0.1, 0.15) is 110 Å². The van der Waals surface area contributed by atoms with Crippen molar-refractivity contribution in [3.05, 3.63) is 166 Å². The molecule has 0 aliphatic rings. The first kappa shape index (κ1) is 34.9. The average Bonchev–Trinajstić information content (AvgIpc) is 3.16. The highest BCUT2D eigenvalue weighted by molar-refractivity contribution is 5.91. The van der Waals surface area contributed by atoms with Gasteiger partial charge < -0.3 is 0 Å². The Kier molecular flexibility index (Phi) is 12.7. The minimum atomic E-state index is 1.18. The zero-order valence-electron chi connectivity index (χ0n) is 30.1. The smallest absolute Gasteiger partial charge is 0.0178 e. The zero-order chi connectivity index (χ0) is 34.4. The highest BCUT2D eigenvalue weighted by Gasteiger charge is 2.00. The lowest BCUT2D eigenvalue weighted by Gasteiger charge is -2.04. The van der Waals surface area contributed by atoms with E-state index in [1.807, 2.05) is 0 Å². The van der Waals surface area contributed by atoms with Crippen LogP contribution in [0, 0.1) is 0 Å². The van der Waals surface area contributed by atoms with E-state index < -0.39 is 0 Å². The Morgan fingerprint density at radius 2 is 0.580 bits per heavy atom. The van der Waals surface area contributed by atoms with E-state index in [9.17, 15) is 0 Å². The highest BCUT2D eigenvalue weighted by Crippen LogP contribution is 2.24. The van der Waals surface area contributed by atoms with Gasteiger partial charge in [-0.2, -0.15) is 0 Å². The van der Waals surface area contributed by atoms with E-state index in [2.05, 4.69) is 172 Å². The molecule has 50 heavy (non-hydrogen) atoms. The van der Waals surface area contributed by atoms with Gasteiger partial charge in [0.05, 0.1) is 0 Å². The van der Waals surface area contributed by atoms with Crippen LogP contribution < -0.4 is 0 Å². The van der Waals surface area contributed by atoms with Crippen molar-refractivity contribution in [2.24, 2.45) is 0 Å². The predicted octanol–water partition coefficient (Wildman–Crippen LogP) is 14.7. The summed E-state index contributed by atoms with van der Waals surface area (Å²) < 4.78 is 0. The van der Waals surface area contributed by atoms with Crippen molar-refractivity contribution < 1.29 is 0 Å². The molecule has 0 radical (unpaired) electrons. The van der Waals surface area contributed by atoms with Gasteiger partial charge in [0.1, 0.15) is 0 Å². The predicted molar refractivity (Wildman–Crippen MR) is 223 cm³/mol. The largest absolute Gasteiger partial charge is 0.0654 e. The summed E-state index contributed by atoms with van der Waals surface area (Å²) in [6.45, 7) is 4.53. The number of benzene rings is 6. The van der Waals surface area contributed by atoms with Gasteiger partial charge in [-0.1, -0.05) is 186 Å². The Morgan fingerprint density at radius 3 is 0.880 bits per heavy atom. The van der Waals surface area contributed by atoms with E-state index in [0.29, 0.717) is 0 Å². The van der Waals surface area contributed by atoms with Crippen molar-refractivity contribution in [2.75, 3.05) is 0 Å². The molecule has 0 saturated heterocycles. The molecular formula is C50H52. The van der Waals surface area contributed by atoms with Crippen LogP contribution in [-0.4, -0.2) is 0 Å². The van der Waals surface area contributed by atoms with Crippen molar-refractivity contribution >= 4 is 58.0 Å². The maximum Gasteiger partial charge on any atom is -0.0178 e. The monoisotopic (exact) mass is 652 g/mol. The molecular weight excluding hydrogens is 601 g/mol. The van der Waals surface area contributed by atoms with Crippen molar-refractivity contribution in [3.63, 3.8) is 0 Å². The number of unbranched alkanes of at least 4 members (excludes halogenated alkanes) is 6. The Morgan fingerprint density at radius 1 is 0.300 bits per heavy atom. The summed E-state index contributed by atoms with van der Waals surface area (Å²) in [5.41, 5.74) is 10.2. The molecule has 0 aliphatic heterocycles. The second-order valence-corrected chi connectivity index (χ2v) is 13.8. The molecule has 0 heteroatoms. The molecule has 0 bridgehead atoms. The first-order valence-electron chi connectivity index (χ1n) is 18.9. The van der Waals surface area contributed by atoms with Gasteiger partial charge in [-0.15, -0.1) is 0 Å². The quantitative estimate of drug-likeness (QED) is 0.0721. The molecule has 0 aromatic heterocycles. The number of rotatable bonds is 16. The molecule has 0 atom stereocenters. The van der Waals surface area contributed by atoms with Gasteiger partial charge >= 0.3 is 0 Å². The fourth-order valence-electron chi connectivity index (χ4n) is 6.66. The van der Waals surface area contributed by atoms with E-state index >= 15 is 0 Å². The van der Waals surface area contributed by atoms with Gasteiger partial charge in [0.15, 0.2) is 0 Å². The van der Waals surface area contributed by atoms with E-state index in [0.717, 1.165) is 0 Å². The molecule has 0 saturated carbocycles. The maximum absolute atomic E-state index is 2.28. The van der Waals surface area contributed by atoms with E-state index in [-0.39, 0.29) is 0 Å². The molecule has 0 N–H and O–H groups in total. The molecule has 0 aliphatic carbocycles. The standard InChI is InChI=1S/C50H52/c1-3-5-7-9-11-39-13-17-41(18-14-39)21-23-43-27-31-49-37-45(29-33-47(49)35-43)25-26-46-30-34-48-36-44(28-32-50(48)38-46)24-22-42-19-15-40(16-20-42)12-10-8-6-4-2/h13-38H,3-12H2,1-2H3. The van der Waals surface area contributed by atoms with Crippen LogP contribution in [0.3, 0.4) is 0 Å². The molecule has 6 rings (SSSR count). The molecule has 0 fully saturated rings. The molecule has 0 unspecified atom stereocenters. The molecule has 6 aromatic carbocycles. The minimum Gasteiger partial charge on any atom is -0.0654 e. The lowest BCUT2D eigenvalue weighted by atomic mass is 10.0. The van der Waals surface area contributed by atoms with E-state index in [1.54, 1.807) is 0 Å². The summed E-state index contributed by atoms with van der Waals surface area (Å²) in [7, 11) is 0. The summed E-state index contributed by atoms with van der Waals surface area (Å²) in [6, 6.07) is 45.0. The normalized spacial score (nSPS) is 12.0. The molecule has 252 valence electrons. The lowest BCUT2D eigenvalue weighted by molar-refractivity contribution is 0.667. The van der Waals surface area contributed by atoms with Crippen LogP contribution in [0.5, 0.6) is 0 Å². The minimum absolute atomic E-state index is 1.18. The van der Waals surface area contributed by atoms with Crippen molar-refractivity contribution in [1.82, 2.24) is 0 Å². The van der Waals surface area contributed by atoms with Crippen LogP contribution >= 0.6 is 0 Å². The third kappa shape index (κ3) is 10.3. The summed E-state index contributed by atoms with van der Waals surface area (Å²) in [5, 5.41) is 5.04. The number of aryl methyl sites for hydroxylation is 2.